The molecule has 0 heterocycles. The number of nitrogens with one attached hydrogen (secondary N) is 1. The van der Waals surface area contributed by atoms with E-state index in [4.69, 9.17) is 0 Å². The summed E-state index contributed by atoms with van der Waals surface area (Å²) in [4.78, 5) is 23.2. The zero-order valence-corrected chi connectivity index (χ0v) is 19.3. The van der Waals surface area contributed by atoms with E-state index in [1.165, 1.54) is 55.5 Å². The summed E-state index contributed by atoms with van der Waals surface area (Å²) in [6, 6.07) is 16.9. The molecule has 178 valence electrons. The molecule has 34 heavy (non-hydrogen) atoms. The maximum Gasteiger partial charge on any atom is 0.573 e. The van der Waals surface area contributed by atoms with Gasteiger partial charge in [-0.2, -0.15) is 0 Å². The van der Waals surface area contributed by atoms with Crippen molar-refractivity contribution in [3.05, 3.63) is 78.4 Å². The number of ketones is 1. The fourth-order valence-corrected chi connectivity index (χ4v) is 4.51. The number of thioether (sulfide) groups is 1. The lowest BCUT2D eigenvalue weighted by atomic mass is 10.1. The standard InChI is InChI=1S/C23H18F3NO5S2/c1-15(28)33-14-22(29)18-5-3-7-21(13-18)34(30,31)27-19-6-2-4-17(12-19)16-8-10-20(11-9-16)32-23(24,25)26/h2-13,27H,14H2,1H3. The highest BCUT2D eigenvalue weighted by Gasteiger charge is 2.31. The molecule has 0 saturated heterocycles. The highest BCUT2D eigenvalue weighted by Crippen LogP contribution is 2.28. The summed E-state index contributed by atoms with van der Waals surface area (Å²) in [5.41, 5.74) is 1.48. The molecule has 0 amide bonds. The third-order valence-electron chi connectivity index (χ3n) is 4.41. The molecule has 3 aromatic rings. The van der Waals surface area contributed by atoms with Gasteiger partial charge in [0.05, 0.1) is 10.6 Å². The highest BCUT2D eigenvalue weighted by atomic mass is 32.2. The van der Waals surface area contributed by atoms with E-state index in [9.17, 15) is 31.2 Å². The van der Waals surface area contributed by atoms with Crippen LogP contribution in [0.2, 0.25) is 0 Å². The van der Waals surface area contributed by atoms with E-state index in [0.29, 0.717) is 11.1 Å². The molecule has 0 unspecified atom stereocenters. The van der Waals surface area contributed by atoms with Crippen LogP contribution in [0.1, 0.15) is 17.3 Å². The molecule has 0 saturated carbocycles. The van der Waals surface area contributed by atoms with E-state index < -0.39 is 16.4 Å². The van der Waals surface area contributed by atoms with Crippen LogP contribution in [0.15, 0.2) is 77.7 Å². The van der Waals surface area contributed by atoms with Crippen LogP contribution >= 0.6 is 11.8 Å². The fraction of sp³-hybridized carbons (Fsp3) is 0.130. The lowest BCUT2D eigenvalue weighted by molar-refractivity contribution is -0.274. The van der Waals surface area contributed by atoms with Crippen LogP contribution < -0.4 is 9.46 Å². The molecule has 0 spiro atoms. The zero-order chi connectivity index (χ0) is 24.9. The summed E-state index contributed by atoms with van der Waals surface area (Å²) >= 11 is 0.836. The van der Waals surface area contributed by atoms with Gasteiger partial charge in [0.1, 0.15) is 5.75 Å². The first kappa shape index (κ1) is 25.3. The van der Waals surface area contributed by atoms with Gasteiger partial charge in [0.25, 0.3) is 10.0 Å². The van der Waals surface area contributed by atoms with Crippen molar-refractivity contribution in [2.45, 2.75) is 18.2 Å². The molecule has 11 heteroatoms. The molecular weight excluding hydrogens is 491 g/mol. The quantitative estimate of drug-likeness (QED) is 0.403. The van der Waals surface area contributed by atoms with Crippen molar-refractivity contribution < 1.29 is 35.9 Å². The minimum Gasteiger partial charge on any atom is -0.406 e. The maximum atomic E-state index is 12.9. The average molecular weight is 510 g/mol. The number of Topliss-reactive ketones (excluding diaryl/α,β-unsaturated/α-hetero) is 1. The number of ether oxygens (including phenoxy) is 1. The van der Waals surface area contributed by atoms with E-state index in [0.717, 1.165) is 23.9 Å². The van der Waals surface area contributed by atoms with Gasteiger partial charge in [-0.25, -0.2) is 8.42 Å². The molecular formula is C23H18F3NO5S2. The Morgan fingerprint density at radius 3 is 2.26 bits per heavy atom. The minimum atomic E-state index is -4.80. The van der Waals surface area contributed by atoms with Crippen LogP contribution in [-0.2, 0) is 14.8 Å². The second-order valence-corrected chi connectivity index (χ2v) is 9.82. The Morgan fingerprint density at radius 1 is 0.941 bits per heavy atom. The molecule has 0 aliphatic carbocycles. The summed E-state index contributed by atoms with van der Waals surface area (Å²) in [7, 11) is -4.05. The van der Waals surface area contributed by atoms with Crippen LogP contribution in [0, 0.1) is 0 Å². The van der Waals surface area contributed by atoms with Gasteiger partial charge >= 0.3 is 6.36 Å². The summed E-state index contributed by atoms with van der Waals surface area (Å²) in [6.07, 6.45) is -4.80. The number of rotatable bonds is 8. The van der Waals surface area contributed by atoms with Crippen LogP contribution in [0.3, 0.4) is 0 Å². The van der Waals surface area contributed by atoms with Gasteiger partial charge in [-0.05, 0) is 47.5 Å². The number of hydrogen-bond donors (Lipinski definition) is 1. The zero-order valence-electron chi connectivity index (χ0n) is 17.6. The number of anilines is 1. The lowest BCUT2D eigenvalue weighted by Crippen LogP contribution is -2.16. The normalized spacial score (nSPS) is 11.6. The molecule has 0 radical (unpaired) electrons. The number of sulfonamides is 1. The van der Waals surface area contributed by atoms with Crippen molar-refractivity contribution in [1.29, 1.82) is 0 Å². The molecule has 6 nitrogen and oxygen atoms in total. The molecule has 0 atom stereocenters. The second-order valence-electron chi connectivity index (χ2n) is 6.99. The first-order chi connectivity index (χ1) is 15.9. The fourth-order valence-electron chi connectivity index (χ4n) is 2.91. The molecule has 3 rings (SSSR count). The number of hydrogen-bond acceptors (Lipinski definition) is 6. The number of halogens is 3. The Morgan fingerprint density at radius 2 is 1.62 bits per heavy atom. The Hall–Kier alpha value is -3.31. The van der Waals surface area contributed by atoms with Crippen molar-refractivity contribution >= 4 is 38.4 Å². The Labute approximate surface area is 198 Å². The van der Waals surface area contributed by atoms with E-state index in [1.54, 1.807) is 12.1 Å². The molecule has 1 N–H and O–H groups in total. The van der Waals surface area contributed by atoms with Crippen LogP contribution in [0.5, 0.6) is 5.75 Å². The van der Waals surface area contributed by atoms with Gasteiger partial charge in [-0.3, -0.25) is 14.3 Å². The predicted octanol–water partition coefficient (Wildman–Crippen LogP) is 5.52. The number of alkyl halides is 3. The Kier molecular flexibility index (Phi) is 7.68. The minimum absolute atomic E-state index is 0.0961. The number of carbonyl (C=O) groups excluding carboxylic acids is 2. The molecule has 0 aliphatic rings. The van der Waals surface area contributed by atoms with E-state index in [1.807, 2.05) is 0 Å². The SMILES string of the molecule is CC(=O)SCC(=O)c1cccc(S(=O)(=O)Nc2cccc(-c3ccc(OC(F)(F)F)cc3)c2)c1. The van der Waals surface area contributed by atoms with Crippen molar-refractivity contribution in [2.24, 2.45) is 0 Å². The third kappa shape index (κ3) is 7.09. The molecule has 0 aromatic heterocycles. The topological polar surface area (TPSA) is 89.5 Å². The molecule has 3 aromatic carbocycles. The van der Waals surface area contributed by atoms with Crippen molar-refractivity contribution in [2.75, 3.05) is 10.5 Å². The highest BCUT2D eigenvalue weighted by molar-refractivity contribution is 8.14. The van der Waals surface area contributed by atoms with Crippen molar-refractivity contribution in [3.8, 4) is 16.9 Å². The molecule has 0 bridgehead atoms. The predicted molar refractivity (Wildman–Crippen MR) is 123 cm³/mol. The average Bonchev–Trinajstić information content (AvgIpc) is 2.77. The Bertz CT molecular complexity index is 1310. The molecule has 0 aliphatic heterocycles. The Balaban J connectivity index is 1.78. The van der Waals surface area contributed by atoms with Gasteiger partial charge in [-0.15, -0.1) is 13.2 Å². The van der Waals surface area contributed by atoms with Crippen LogP contribution in [0.25, 0.3) is 11.1 Å². The summed E-state index contributed by atoms with van der Waals surface area (Å²) in [5.74, 6) is -0.845. The summed E-state index contributed by atoms with van der Waals surface area (Å²) in [6.45, 7) is 1.33. The number of carbonyl (C=O) groups is 2. The van der Waals surface area contributed by atoms with Crippen molar-refractivity contribution in [3.63, 3.8) is 0 Å². The van der Waals surface area contributed by atoms with Gasteiger partial charge in [-0.1, -0.05) is 48.2 Å². The smallest absolute Gasteiger partial charge is 0.406 e. The first-order valence-corrected chi connectivity index (χ1v) is 12.2. The third-order valence-corrected chi connectivity index (χ3v) is 6.60. The monoisotopic (exact) mass is 509 g/mol. The van der Waals surface area contributed by atoms with Gasteiger partial charge in [0.2, 0.25) is 0 Å². The van der Waals surface area contributed by atoms with Gasteiger partial charge in [0.15, 0.2) is 10.9 Å². The first-order valence-electron chi connectivity index (χ1n) is 9.69. The summed E-state index contributed by atoms with van der Waals surface area (Å²) < 4.78 is 69.0. The lowest BCUT2D eigenvalue weighted by Gasteiger charge is -2.12. The maximum absolute atomic E-state index is 12.9. The van der Waals surface area contributed by atoms with Crippen molar-refractivity contribution in [1.82, 2.24) is 0 Å². The summed E-state index contributed by atoms with van der Waals surface area (Å²) in [5, 5.41) is -0.221. The van der Waals surface area contributed by atoms with E-state index >= 15 is 0 Å². The van der Waals surface area contributed by atoms with E-state index in [2.05, 4.69) is 9.46 Å². The molecule has 0 fully saturated rings. The second kappa shape index (κ2) is 10.3. The number of benzene rings is 3. The van der Waals surface area contributed by atoms with Gasteiger partial charge < -0.3 is 4.74 Å². The van der Waals surface area contributed by atoms with Crippen LogP contribution in [0.4, 0.5) is 18.9 Å². The van der Waals surface area contributed by atoms with Gasteiger partial charge in [0, 0.05) is 18.2 Å². The van der Waals surface area contributed by atoms with Crippen LogP contribution in [-0.4, -0.2) is 31.4 Å². The largest absolute Gasteiger partial charge is 0.573 e. The van der Waals surface area contributed by atoms with E-state index in [-0.39, 0.29) is 38.5 Å².